The van der Waals surface area contributed by atoms with Gasteiger partial charge in [-0.1, -0.05) is 29.8 Å². The molecule has 120 valence electrons. The fourth-order valence-corrected chi connectivity index (χ4v) is 2.01. The number of nitrogens with zero attached hydrogens (tertiary/aromatic N) is 1. The summed E-state index contributed by atoms with van der Waals surface area (Å²) in [4.78, 5) is 9.37. The van der Waals surface area contributed by atoms with Gasteiger partial charge in [0.15, 0.2) is 0 Å². The summed E-state index contributed by atoms with van der Waals surface area (Å²) >= 11 is 0. The van der Waals surface area contributed by atoms with E-state index in [0.29, 0.717) is 11.5 Å². The zero-order chi connectivity index (χ0) is 16.8. The van der Waals surface area contributed by atoms with Crippen LogP contribution in [0.5, 0.6) is 11.5 Å². The van der Waals surface area contributed by atoms with Crippen LogP contribution in [0.2, 0.25) is 0 Å². The van der Waals surface area contributed by atoms with Crippen LogP contribution < -0.4 is 4.52 Å². The smallest absolute Gasteiger partial charge is 0.458 e. The third kappa shape index (κ3) is 6.31. The van der Waals surface area contributed by atoms with E-state index in [-0.39, 0.29) is 0 Å². The number of phenolic OH excluding ortho intramolecular Hbond substituents is 1. The Hall–Kier alpha value is -1.81. The van der Waals surface area contributed by atoms with Crippen molar-refractivity contribution in [1.29, 1.82) is 0 Å². The van der Waals surface area contributed by atoms with Crippen LogP contribution in [0.4, 0.5) is 0 Å². The fourth-order valence-electron chi connectivity index (χ4n) is 1.45. The van der Waals surface area contributed by atoms with Crippen molar-refractivity contribution in [2.24, 2.45) is 0 Å². The lowest BCUT2D eigenvalue weighted by molar-refractivity contribution is 0.318. The lowest BCUT2D eigenvalue weighted by Crippen LogP contribution is -2.11. The number of rotatable bonds is 3. The Labute approximate surface area is 131 Å². The van der Waals surface area contributed by atoms with Gasteiger partial charge in [0.05, 0.1) is 0 Å². The van der Waals surface area contributed by atoms with E-state index in [9.17, 15) is 9.46 Å². The molecule has 0 bridgehead atoms. The molecule has 2 N–H and O–H groups in total. The monoisotopic (exact) mass is 323 g/mol. The molecule has 5 nitrogen and oxygen atoms in total. The Bertz CT molecular complexity index is 624. The van der Waals surface area contributed by atoms with Crippen molar-refractivity contribution < 1.29 is 19.1 Å². The van der Waals surface area contributed by atoms with Crippen LogP contribution in [0.3, 0.4) is 0 Å². The lowest BCUT2D eigenvalue weighted by Gasteiger charge is -2.18. The van der Waals surface area contributed by atoms with Crippen LogP contribution in [0, 0.1) is 13.8 Å². The Morgan fingerprint density at radius 1 is 1.00 bits per heavy atom. The summed E-state index contributed by atoms with van der Waals surface area (Å²) in [5.41, 5.74) is 2.17. The van der Waals surface area contributed by atoms with Crippen molar-refractivity contribution in [1.82, 2.24) is 4.67 Å². The third-order valence-electron chi connectivity index (χ3n) is 2.75. The van der Waals surface area contributed by atoms with Gasteiger partial charge in [0, 0.05) is 0 Å². The molecule has 2 aromatic rings. The van der Waals surface area contributed by atoms with Crippen LogP contribution in [0.15, 0.2) is 48.5 Å². The number of phenols is 1. The van der Waals surface area contributed by atoms with E-state index in [1.54, 1.807) is 24.3 Å². The first-order valence-corrected chi connectivity index (χ1v) is 8.26. The molecule has 0 saturated carbocycles. The van der Waals surface area contributed by atoms with Gasteiger partial charge < -0.3 is 14.5 Å². The first-order valence-electron chi connectivity index (χ1n) is 6.73. The maximum Gasteiger partial charge on any atom is 0.458 e. The predicted octanol–water partition coefficient (Wildman–Crippen LogP) is 3.74. The van der Waals surface area contributed by atoms with Gasteiger partial charge in [0.25, 0.3) is 0 Å². The Balaban J connectivity index is 0.000000255. The Morgan fingerprint density at radius 2 is 1.59 bits per heavy atom. The fraction of sp³-hybridized carbons (Fsp3) is 0.250. The molecule has 2 aromatic carbocycles. The zero-order valence-electron chi connectivity index (χ0n) is 13.2. The minimum Gasteiger partial charge on any atom is -0.508 e. The maximum absolute atomic E-state index is 11.4. The molecule has 0 spiro atoms. The van der Waals surface area contributed by atoms with E-state index in [0.717, 1.165) is 15.8 Å². The second-order valence-corrected chi connectivity index (χ2v) is 7.04. The van der Waals surface area contributed by atoms with Gasteiger partial charge in [0.2, 0.25) is 0 Å². The normalized spacial score (nSPS) is 13.0. The molecule has 0 amide bonds. The molecule has 0 aromatic heterocycles. The average Bonchev–Trinajstić information content (AvgIpc) is 2.41. The van der Waals surface area contributed by atoms with Crippen molar-refractivity contribution in [2.75, 3.05) is 14.1 Å². The summed E-state index contributed by atoms with van der Waals surface area (Å²) in [6, 6.07) is 14.1. The summed E-state index contributed by atoms with van der Waals surface area (Å²) in [7, 11) is -0.678. The zero-order valence-corrected chi connectivity index (χ0v) is 14.1. The van der Waals surface area contributed by atoms with Crippen molar-refractivity contribution in [2.45, 2.75) is 13.8 Å². The number of benzene rings is 2. The standard InChI is InChI=1S/C9H14NO3P.C7H8O/c1-8-4-6-9(7-5-8)13-14(11,12)10(2)3;1-6-3-2-4-7(8)5-6/h4-7H,1-3H3,(H,11,12);2-5,8H,1H3. The number of aromatic hydroxyl groups is 1. The van der Waals surface area contributed by atoms with Gasteiger partial charge >= 0.3 is 7.75 Å². The molecule has 22 heavy (non-hydrogen) atoms. The van der Waals surface area contributed by atoms with Gasteiger partial charge in [-0.05, 0) is 57.8 Å². The van der Waals surface area contributed by atoms with E-state index in [1.807, 2.05) is 38.1 Å². The van der Waals surface area contributed by atoms with Crippen molar-refractivity contribution in [3.8, 4) is 11.5 Å². The minimum atomic E-state index is -3.67. The van der Waals surface area contributed by atoms with Crippen molar-refractivity contribution in [3.63, 3.8) is 0 Å². The van der Waals surface area contributed by atoms with Crippen molar-refractivity contribution >= 4 is 7.75 Å². The predicted molar refractivity (Wildman–Crippen MR) is 88.2 cm³/mol. The summed E-state index contributed by atoms with van der Waals surface area (Å²) in [6.45, 7) is 3.88. The number of hydrogen-bond acceptors (Lipinski definition) is 3. The highest BCUT2D eigenvalue weighted by molar-refractivity contribution is 7.50. The molecule has 1 atom stereocenters. The van der Waals surface area contributed by atoms with E-state index < -0.39 is 7.75 Å². The van der Waals surface area contributed by atoms with E-state index in [4.69, 9.17) is 9.63 Å². The summed E-state index contributed by atoms with van der Waals surface area (Å²) in [5, 5.41) is 8.81. The molecular formula is C16H22NO4P. The summed E-state index contributed by atoms with van der Waals surface area (Å²) in [5.74, 6) is 0.736. The summed E-state index contributed by atoms with van der Waals surface area (Å²) < 4.78 is 17.5. The Kier molecular flexibility index (Phi) is 6.62. The molecule has 0 saturated heterocycles. The SMILES string of the molecule is Cc1ccc(OP(=O)(O)N(C)C)cc1.Cc1cccc(O)c1. The van der Waals surface area contributed by atoms with E-state index in [2.05, 4.69) is 0 Å². The maximum atomic E-state index is 11.4. The average molecular weight is 323 g/mol. The van der Waals surface area contributed by atoms with E-state index >= 15 is 0 Å². The van der Waals surface area contributed by atoms with Crippen LogP contribution >= 0.6 is 7.75 Å². The van der Waals surface area contributed by atoms with Gasteiger partial charge in [-0.25, -0.2) is 9.24 Å². The topological polar surface area (TPSA) is 70.0 Å². The molecule has 0 aliphatic carbocycles. The van der Waals surface area contributed by atoms with Gasteiger partial charge in [0.1, 0.15) is 11.5 Å². The highest BCUT2D eigenvalue weighted by Crippen LogP contribution is 2.44. The first kappa shape index (κ1) is 18.2. The highest BCUT2D eigenvalue weighted by Gasteiger charge is 2.24. The second-order valence-electron chi connectivity index (χ2n) is 5.08. The molecular weight excluding hydrogens is 301 g/mol. The molecule has 0 aliphatic heterocycles. The quantitative estimate of drug-likeness (QED) is 0.842. The molecule has 1 unspecified atom stereocenters. The first-order chi connectivity index (χ1) is 10.2. The number of hydrogen-bond donors (Lipinski definition) is 2. The molecule has 6 heteroatoms. The highest BCUT2D eigenvalue weighted by atomic mass is 31.2. The van der Waals surface area contributed by atoms with Crippen LogP contribution in [0.25, 0.3) is 0 Å². The number of aryl methyl sites for hydroxylation is 2. The van der Waals surface area contributed by atoms with Gasteiger partial charge in [-0.3, -0.25) is 0 Å². The minimum absolute atomic E-state index is 0.338. The summed E-state index contributed by atoms with van der Waals surface area (Å²) in [6.07, 6.45) is 0. The molecule has 0 radical (unpaired) electrons. The lowest BCUT2D eigenvalue weighted by atomic mass is 10.2. The molecule has 0 aliphatic rings. The second kappa shape index (κ2) is 7.99. The largest absolute Gasteiger partial charge is 0.508 e. The van der Waals surface area contributed by atoms with E-state index in [1.165, 1.54) is 14.1 Å². The molecule has 2 rings (SSSR count). The molecule has 0 heterocycles. The van der Waals surface area contributed by atoms with Gasteiger partial charge in [-0.15, -0.1) is 0 Å². The van der Waals surface area contributed by atoms with Crippen LogP contribution in [-0.4, -0.2) is 28.8 Å². The van der Waals surface area contributed by atoms with Crippen LogP contribution in [-0.2, 0) is 4.57 Å². The third-order valence-corrected chi connectivity index (χ3v) is 4.21. The van der Waals surface area contributed by atoms with Gasteiger partial charge in [-0.2, -0.15) is 0 Å². The Morgan fingerprint density at radius 3 is 2.00 bits per heavy atom. The van der Waals surface area contributed by atoms with Crippen molar-refractivity contribution in [3.05, 3.63) is 59.7 Å². The molecule has 0 fully saturated rings. The van der Waals surface area contributed by atoms with Crippen LogP contribution in [0.1, 0.15) is 11.1 Å².